The van der Waals surface area contributed by atoms with E-state index in [0.717, 1.165) is 44.8 Å². The van der Waals surface area contributed by atoms with Crippen LogP contribution < -0.4 is 10.0 Å². The summed E-state index contributed by atoms with van der Waals surface area (Å²) >= 11 is 5.94. The molecule has 2 fully saturated rings. The predicted octanol–water partition coefficient (Wildman–Crippen LogP) is 1.56. The number of amides is 1. The first-order chi connectivity index (χ1) is 15.3. The Kier molecular flexibility index (Phi) is 8.51. The minimum Gasteiger partial charge on any atom is -0.452 e. The highest BCUT2D eigenvalue weighted by Gasteiger charge is 2.38. The van der Waals surface area contributed by atoms with Gasteiger partial charge in [0.2, 0.25) is 10.0 Å². The van der Waals surface area contributed by atoms with Crippen LogP contribution in [-0.2, 0) is 24.3 Å². The molecule has 3 rings (SSSR count). The molecule has 9 nitrogen and oxygen atoms in total. The predicted molar refractivity (Wildman–Crippen MR) is 119 cm³/mol. The van der Waals surface area contributed by atoms with Gasteiger partial charge in [0.1, 0.15) is 4.90 Å². The molecule has 1 aromatic carbocycles. The topological polar surface area (TPSA) is 114 Å². The number of morpholine rings is 1. The van der Waals surface area contributed by atoms with Gasteiger partial charge in [0.15, 0.2) is 6.61 Å². The van der Waals surface area contributed by atoms with Crippen molar-refractivity contribution in [3.63, 3.8) is 0 Å². The first kappa shape index (κ1) is 24.9. The largest absolute Gasteiger partial charge is 0.452 e. The Labute approximate surface area is 193 Å². The van der Waals surface area contributed by atoms with E-state index >= 15 is 0 Å². The first-order valence-corrected chi connectivity index (χ1v) is 12.6. The molecule has 0 spiro atoms. The SMILES string of the molecule is CNS(=O)(=O)c1cc(C(=O)OCC(=O)NCC2(N3CCOCC3)CCCCC2)ccc1Cl. The van der Waals surface area contributed by atoms with Gasteiger partial charge in [-0.05, 0) is 38.1 Å². The molecule has 1 aromatic rings. The van der Waals surface area contributed by atoms with Crippen LogP contribution in [0.5, 0.6) is 0 Å². The lowest BCUT2D eigenvalue weighted by Crippen LogP contribution is -2.59. The molecule has 11 heteroatoms. The third-order valence-electron chi connectivity index (χ3n) is 6.14. The Morgan fingerprint density at radius 3 is 2.53 bits per heavy atom. The maximum absolute atomic E-state index is 12.4. The summed E-state index contributed by atoms with van der Waals surface area (Å²) in [6.45, 7) is 3.13. The highest BCUT2D eigenvalue weighted by molar-refractivity contribution is 7.89. The molecule has 0 unspecified atom stereocenters. The van der Waals surface area contributed by atoms with Gasteiger partial charge in [-0.15, -0.1) is 0 Å². The zero-order valence-electron chi connectivity index (χ0n) is 18.2. The van der Waals surface area contributed by atoms with E-state index in [-0.39, 0.29) is 21.0 Å². The first-order valence-electron chi connectivity index (χ1n) is 10.8. The van der Waals surface area contributed by atoms with Crippen LogP contribution in [0, 0.1) is 0 Å². The van der Waals surface area contributed by atoms with E-state index in [9.17, 15) is 18.0 Å². The van der Waals surface area contributed by atoms with Gasteiger partial charge < -0.3 is 14.8 Å². The van der Waals surface area contributed by atoms with Crippen molar-refractivity contribution in [3.8, 4) is 0 Å². The number of benzene rings is 1. The van der Waals surface area contributed by atoms with Crippen LogP contribution in [-0.4, -0.2) is 77.2 Å². The second-order valence-corrected chi connectivity index (χ2v) is 10.4. The van der Waals surface area contributed by atoms with Crippen LogP contribution >= 0.6 is 11.6 Å². The van der Waals surface area contributed by atoms with Crippen molar-refractivity contribution in [1.29, 1.82) is 0 Å². The molecule has 2 aliphatic rings. The highest BCUT2D eigenvalue weighted by Crippen LogP contribution is 2.33. The Hall–Kier alpha value is -1.72. The van der Waals surface area contributed by atoms with Crippen molar-refractivity contribution in [2.24, 2.45) is 0 Å². The zero-order chi connectivity index (χ0) is 23.2. The molecule has 1 aliphatic heterocycles. The minimum atomic E-state index is -3.84. The van der Waals surface area contributed by atoms with E-state index < -0.39 is 28.5 Å². The summed E-state index contributed by atoms with van der Waals surface area (Å²) in [5, 5.41) is 2.91. The summed E-state index contributed by atoms with van der Waals surface area (Å²) in [5.74, 6) is -1.20. The molecule has 1 aliphatic carbocycles. The molecule has 0 bridgehead atoms. The highest BCUT2D eigenvalue weighted by atomic mass is 35.5. The zero-order valence-corrected chi connectivity index (χ0v) is 19.8. The number of hydrogen-bond donors (Lipinski definition) is 2. The quantitative estimate of drug-likeness (QED) is 0.535. The average molecular weight is 488 g/mol. The van der Waals surface area contributed by atoms with E-state index in [4.69, 9.17) is 21.1 Å². The van der Waals surface area contributed by atoms with Crippen LogP contribution in [0.4, 0.5) is 0 Å². The number of nitrogens with one attached hydrogen (secondary N) is 2. The average Bonchev–Trinajstić information content (AvgIpc) is 2.82. The number of esters is 1. The number of sulfonamides is 1. The van der Waals surface area contributed by atoms with E-state index in [1.54, 1.807) is 0 Å². The van der Waals surface area contributed by atoms with Crippen molar-refractivity contribution < 1.29 is 27.5 Å². The van der Waals surface area contributed by atoms with Gasteiger partial charge in [0.05, 0.1) is 23.8 Å². The van der Waals surface area contributed by atoms with Crippen LogP contribution in [0.2, 0.25) is 5.02 Å². The van der Waals surface area contributed by atoms with E-state index in [1.807, 2.05) is 0 Å². The van der Waals surface area contributed by atoms with Gasteiger partial charge >= 0.3 is 5.97 Å². The van der Waals surface area contributed by atoms with Gasteiger partial charge in [0.25, 0.3) is 5.91 Å². The molecule has 178 valence electrons. The normalized spacial score (nSPS) is 19.3. The van der Waals surface area contributed by atoms with Crippen molar-refractivity contribution in [2.75, 3.05) is 46.5 Å². The third-order valence-corrected chi connectivity index (χ3v) is 8.04. The van der Waals surface area contributed by atoms with Crippen molar-refractivity contribution in [2.45, 2.75) is 42.5 Å². The lowest BCUT2D eigenvalue weighted by molar-refractivity contribution is -0.125. The van der Waals surface area contributed by atoms with Crippen LogP contribution in [0.3, 0.4) is 0 Å². The van der Waals surface area contributed by atoms with Crippen molar-refractivity contribution in [1.82, 2.24) is 14.9 Å². The maximum atomic E-state index is 12.4. The van der Waals surface area contributed by atoms with Gasteiger partial charge in [-0.25, -0.2) is 17.9 Å². The Morgan fingerprint density at radius 2 is 1.88 bits per heavy atom. The number of nitrogens with zero attached hydrogens (tertiary/aromatic N) is 1. The number of ether oxygens (including phenoxy) is 2. The van der Waals surface area contributed by atoms with Gasteiger partial charge in [-0.3, -0.25) is 9.69 Å². The van der Waals surface area contributed by atoms with Gasteiger partial charge in [-0.1, -0.05) is 30.9 Å². The Balaban J connectivity index is 1.57. The summed E-state index contributed by atoms with van der Waals surface area (Å²) in [7, 11) is -2.59. The number of rotatable bonds is 8. The smallest absolute Gasteiger partial charge is 0.338 e. The fourth-order valence-corrected chi connectivity index (χ4v) is 5.58. The molecule has 0 atom stereocenters. The van der Waals surface area contributed by atoms with Gasteiger partial charge in [0, 0.05) is 25.2 Å². The molecular formula is C21H30ClN3O6S. The number of halogens is 1. The van der Waals surface area contributed by atoms with E-state index in [0.29, 0.717) is 19.8 Å². The second kappa shape index (κ2) is 10.9. The molecule has 32 heavy (non-hydrogen) atoms. The molecule has 0 aromatic heterocycles. The van der Waals surface area contributed by atoms with Crippen molar-refractivity contribution >= 4 is 33.5 Å². The molecule has 1 saturated heterocycles. The standard InChI is InChI=1S/C21H30ClN3O6S/c1-23-32(28,29)18-13-16(5-6-17(18)22)20(27)31-14-19(26)24-15-21(7-3-2-4-8-21)25-9-11-30-12-10-25/h5-6,13,23H,2-4,7-12,14-15H2,1H3,(H,24,26). The summed E-state index contributed by atoms with van der Waals surface area (Å²) in [4.78, 5) is 27.0. The maximum Gasteiger partial charge on any atom is 0.338 e. The number of hydrogen-bond acceptors (Lipinski definition) is 7. The Bertz CT molecular complexity index is 927. The third kappa shape index (κ3) is 5.99. The second-order valence-electron chi connectivity index (χ2n) is 8.09. The molecule has 0 radical (unpaired) electrons. The minimum absolute atomic E-state index is 0.00640. The van der Waals surface area contributed by atoms with Gasteiger partial charge in [-0.2, -0.15) is 0 Å². The lowest BCUT2D eigenvalue weighted by atomic mass is 9.79. The summed E-state index contributed by atoms with van der Waals surface area (Å²) in [5.41, 5.74) is -0.0954. The Morgan fingerprint density at radius 1 is 1.19 bits per heavy atom. The molecule has 1 saturated carbocycles. The molecule has 1 amide bonds. The van der Waals surface area contributed by atoms with Crippen LogP contribution in [0.1, 0.15) is 42.5 Å². The fraction of sp³-hybridized carbons (Fsp3) is 0.619. The molecule has 1 heterocycles. The van der Waals surface area contributed by atoms with E-state index in [2.05, 4.69) is 14.9 Å². The van der Waals surface area contributed by atoms with Crippen LogP contribution in [0.15, 0.2) is 23.1 Å². The van der Waals surface area contributed by atoms with Crippen LogP contribution in [0.25, 0.3) is 0 Å². The summed E-state index contributed by atoms with van der Waals surface area (Å²) in [6.07, 6.45) is 5.47. The number of carbonyl (C=O) groups excluding carboxylic acids is 2. The fourth-order valence-electron chi connectivity index (χ4n) is 4.33. The number of carbonyl (C=O) groups is 2. The van der Waals surface area contributed by atoms with Crippen molar-refractivity contribution in [3.05, 3.63) is 28.8 Å². The lowest BCUT2D eigenvalue weighted by Gasteiger charge is -2.48. The molecule has 2 N–H and O–H groups in total. The summed E-state index contributed by atoms with van der Waals surface area (Å²) < 4.78 is 36.8. The monoisotopic (exact) mass is 487 g/mol. The molecular weight excluding hydrogens is 458 g/mol. The summed E-state index contributed by atoms with van der Waals surface area (Å²) in [6, 6.07) is 3.79. The van der Waals surface area contributed by atoms with E-state index in [1.165, 1.54) is 25.6 Å².